The lowest BCUT2D eigenvalue weighted by Crippen LogP contribution is -2.30. The van der Waals surface area contributed by atoms with Crippen molar-refractivity contribution >= 4 is 23.2 Å². The van der Waals surface area contributed by atoms with Crippen molar-refractivity contribution in [2.75, 3.05) is 16.8 Å². The fraction of sp³-hybridized carbons (Fsp3) is 0.235. The van der Waals surface area contributed by atoms with Crippen LogP contribution in [-0.2, 0) is 17.8 Å². The van der Waals surface area contributed by atoms with E-state index in [1.165, 1.54) is 15.6 Å². The maximum atomic E-state index is 12.3. The van der Waals surface area contributed by atoms with Crippen LogP contribution in [0.3, 0.4) is 0 Å². The van der Waals surface area contributed by atoms with Gasteiger partial charge in [0.1, 0.15) is 0 Å². The molecular weight excluding hydrogens is 347 g/mol. The van der Waals surface area contributed by atoms with Gasteiger partial charge in [-0.3, -0.25) is 10.1 Å². The van der Waals surface area contributed by atoms with Gasteiger partial charge in [-0.15, -0.1) is 5.10 Å². The number of nitrogens with zero attached hydrogens (tertiary/aromatic N) is 4. The van der Waals surface area contributed by atoms with Crippen molar-refractivity contribution in [1.82, 2.24) is 14.6 Å². The molecule has 0 spiro atoms. The van der Waals surface area contributed by atoms with E-state index < -0.39 is 12.1 Å². The van der Waals surface area contributed by atoms with Gasteiger partial charge in [0.05, 0.1) is 11.9 Å². The third kappa shape index (κ3) is 3.07. The highest BCUT2D eigenvalue weighted by Crippen LogP contribution is 2.25. The largest absolute Gasteiger partial charge is 0.471 e. The number of rotatable bonds is 2. The molecule has 0 atom stereocenters. The first kappa shape index (κ1) is 16.4. The summed E-state index contributed by atoms with van der Waals surface area (Å²) in [7, 11) is 0. The number of hydrogen-bond donors (Lipinski definition) is 1. The number of benzene rings is 1. The zero-order valence-electron chi connectivity index (χ0n) is 13.5. The van der Waals surface area contributed by atoms with Gasteiger partial charge >= 0.3 is 12.1 Å². The van der Waals surface area contributed by atoms with E-state index in [9.17, 15) is 18.0 Å². The summed E-state index contributed by atoms with van der Waals surface area (Å²) >= 11 is 0. The lowest BCUT2D eigenvalue weighted by Gasteiger charge is -2.30. The Bertz CT molecular complexity index is 982. The van der Waals surface area contributed by atoms with E-state index in [2.05, 4.69) is 27.1 Å². The maximum Gasteiger partial charge on any atom is 0.471 e. The Morgan fingerprint density at radius 3 is 2.65 bits per heavy atom. The Balaban J connectivity index is 1.58. The van der Waals surface area contributed by atoms with E-state index >= 15 is 0 Å². The van der Waals surface area contributed by atoms with Crippen molar-refractivity contribution in [2.45, 2.75) is 19.1 Å². The van der Waals surface area contributed by atoms with Crippen molar-refractivity contribution in [3.8, 4) is 0 Å². The molecule has 3 aromatic rings. The predicted octanol–water partition coefficient (Wildman–Crippen LogP) is 2.79. The number of anilines is 2. The second-order valence-corrected chi connectivity index (χ2v) is 6.02. The summed E-state index contributed by atoms with van der Waals surface area (Å²) < 4.78 is 38.4. The van der Waals surface area contributed by atoms with Crippen LogP contribution in [-0.4, -0.2) is 33.2 Å². The minimum atomic E-state index is -4.98. The molecule has 1 N–H and O–H groups in total. The van der Waals surface area contributed by atoms with Crippen LogP contribution in [0.25, 0.3) is 5.65 Å². The van der Waals surface area contributed by atoms with E-state index in [4.69, 9.17) is 0 Å². The molecule has 9 heteroatoms. The monoisotopic (exact) mass is 361 g/mol. The Hall–Kier alpha value is -3.10. The highest BCUT2D eigenvalue weighted by molar-refractivity contribution is 5.93. The number of carbonyl (C=O) groups excluding carboxylic acids is 1. The number of amides is 1. The first-order valence-electron chi connectivity index (χ1n) is 7.96. The van der Waals surface area contributed by atoms with Crippen LogP contribution in [0.2, 0.25) is 0 Å². The smallest absolute Gasteiger partial charge is 0.366 e. The molecule has 0 aliphatic carbocycles. The highest BCUT2D eigenvalue weighted by Gasteiger charge is 2.39. The number of pyridine rings is 1. The normalized spacial score (nSPS) is 14.3. The fourth-order valence-electron chi connectivity index (χ4n) is 3.00. The molecule has 1 aliphatic rings. The number of aromatic nitrogens is 3. The van der Waals surface area contributed by atoms with Gasteiger partial charge in [0, 0.05) is 13.1 Å². The van der Waals surface area contributed by atoms with Crippen LogP contribution in [0.4, 0.5) is 24.8 Å². The number of hydrogen-bond acceptors (Lipinski definition) is 4. The van der Waals surface area contributed by atoms with Crippen molar-refractivity contribution in [2.24, 2.45) is 0 Å². The van der Waals surface area contributed by atoms with Crippen molar-refractivity contribution in [3.05, 3.63) is 53.7 Å². The summed E-state index contributed by atoms with van der Waals surface area (Å²) in [6.07, 6.45) is -2.37. The number of carbonyl (C=O) groups is 1. The van der Waals surface area contributed by atoms with Gasteiger partial charge in [-0.05, 0) is 29.7 Å². The quantitative estimate of drug-likeness (QED) is 0.763. The molecule has 4 rings (SSSR count). The molecule has 2 aromatic heterocycles. The van der Waals surface area contributed by atoms with E-state index in [0.29, 0.717) is 5.65 Å². The molecule has 26 heavy (non-hydrogen) atoms. The van der Waals surface area contributed by atoms with Gasteiger partial charge in [0.25, 0.3) is 0 Å². The van der Waals surface area contributed by atoms with Crippen LogP contribution >= 0.6 is 0 Å². The summed E-state index contributed by atoms with van der Waals surface area (Å²) in [6, 6.07) is 11.7. The lowest BCUT2D eigenvalue weighted by molar-refractivity contribution is -0.167. The summed E-state index contributed by atoms with van der Waals surface area (Å²) in [6.45, 7) is 1.57. The lowest BCUT2D eigenvalue weighted by atomic mass is 10.00. The van der Waals surface area contributed by atoms with E-state index in [0.717, 1.165) is 25.2 Å². The van der Waals surface area contributed by atoms with Crippen molar-refractivity contribution in [1.29, 1.82) is 0 Å². The minimum absolute atomic E-state index is 0.351. The first-order valence-corrected chi connectivity index (χ1v) is 7.96. The standard InChI is InChI=1S/C17H14F3N5O/c18-17(19,20)15(26)22-16-21-14-6-5-13(10-25(14)23-16)24-8-7-11-3-1-2-4-12(11)9-24/h1-6,10H,7-9H2,(H,22,23,26). The van der Waals surface area contributed by atoms with Gasteiger partial charge < -0.3 is 4.90 Å². The van der Waals surface area contributed by atoms with Crippen LogP contribution < -0.4 is 10.2 Å². The van der Waals surface area contributed by atoms with Gasteiger partial charge in [0.15, 0.2) is 5.65 Å². The molecule has 6 nitrogen and oxygen atoms in total. The topological polar surface area (TPSA) is 62.5 Å². The van der Waals surface area contributed by atoms with Crippen LogP contribution in [0.5, 0.6) is 0 Å². The van der Waals surface area contributed by atoms with E-state index in [-0.39, 0.29) is 5.95 Å². The first-order chi connectivity index (χ1) is 12.4. The molecule has 0 bridgehead atoms. The summed E-state index contributed by atoms with van der Waals surface area (Å²) in [4.78, 5) is 17.1. The van der Waals surface area contributed by atoms with Gasteiger partial charge in [0.2, 0.25) is 5.95 Å². The number of fused-ring (bicyclic) bond motifs is 2. The average Bonchev–Trinajstić information content (AvgIpc) is 3.01. The van der Waals surface area contributed by atoms with Gasteiger partial charge in [-0.25, -0.2) is 4.52 Å². The molecule has 134 valence electrons. The third-order valence-electron chi connectivity index (χ3n) is 4.29. The Labute approximate surface area is 146 Å². The van der Waals surface area contributed by atoms with Crippen LogP contribution in [0.15, 0.2) is 42.6 Å². The second kappa shape index (κ2) is 6.01. The summed E-state index contributed by atoms with van der Waals surface area (Å²) in [5.41, 5.74) is 3.80. The number of nitrogens with one attached hydrogen (secondary N) is 1. The molecule has 1 aromatic carbocycles. The Kier molecular flexibility index (Phi) is 3.78. The Morgan fingerprint density at radius 2 is 1.88 bits per heavy atom. The second-order valence-electron chi connectivity index (χ2n) is 6.02. The number of alkyl halides is 3. The SMILES string of the molecule is O=C(Nc1nc2ccc(N3CCc4ccccc4C3)cn2n1)C(F)(F)F. The Morgan fingerprint density at radius 1 is 1.12 bits per heavy atom. The molecule has 1 aliphatic heterocycles. The molecule has 0 saturated heterocycles. The third-order valence-corrected chi connectivity index (χ3v) is 4.29. The molecular formula is C17H14F3N5O. The van der Waals surface area contributed by atoms with Crippen molar-refractivity contribution < 1.29 is 18.0 Å². The zero-order chi connectivity index (χ0) is 18.3. The molecule has 0 radical (unpaired) electrons. The maximum absolute atomic E-state index is 12.3. The minimum Gasteiger partial charge on any atom is -0.366 e. The zero-order valence-corrected chi connectivity index (χ0v) is 13.5. The fourth-order valence-corrected chi connectivity index (χ4v) is 3.00. The number of halogens is 3. The predicted molar refractivity (Wildman–Crippen MR) is 88.9 cm³/mol. The molecule has 0 fully saturated rings. The average molecular weight is 361 g/mol. The molecule has 1 amide bonds. The van der Waals surface area contributed by atoms with E-state index in [1.54, 1.807) is 17.6 Å². The highest BCUT2D eigenvalue weighted by atomic mass is 19.4. The van der Waals surface area contributed by atoms with E-state index in [1.807, 2.05) is 18.2 Å². The van der Waals surface area contributed by atoms with Crippen molar-refractivity contribution in [3.63, 3.8) is 0 Å². The molecule has 0 unspecified atom stereocenters. The van der Waals surface area contributed by atoms with Gasteiger partial charge in [-0.1, -0.05) is 24.3 Å². The van der Waals surface area contributed by atoms with Crippen LogP contribution in [0, 0.1) is 0 Å². The van der Waals surface area contributed by atoms with Gasteiger partial charge in [-0.2, -0.15) is 18.2 Å². The molecule has 0 saturated carbocycles. The van der Waals surface area contributed by atoms with Crippen LogP contribution in [0.1, 0.15) is 11.1 Å². The summed E-state index contributed by atoms with van der Waals surface area (Å²) in [5.74, 6) is -2.48. The molecule has 3 heterocycles. The summed E-state index contributed by atoms with van der Waals surface area (Å²) in [5, 5.41) is 5.58.